The second kappa shape index (κ2) is 9.78. The van der Waals surface area contributed by atoms with E-state index >= 15 is 0 Å². The summed E-state index contributed by atoms with van der Waals surface area (Å²) in [5, 5.41) is 2.97. The Morgan fingerprint density at radius 3 is 2.61 bits per heavy atom. The van der Waals surface area contributed by atoms with Crippen molar-refractivity contribution in [1.82, 2.24) is 9.88 Å². The molecule has 3 aromatic rings. The van der Waals surface area contributed by atoms with E-state index in [4.69, 9.17) is 4.42 Å². The number of amides is 1. The van der Waals surface area contributed by atoms with Gasteiger partial charge in [0.25, 0.3) is 0 Å². The van der Waals surface area contributed by atoms with E-state index in [1.165, 1.54) is 5.69 Å². The molecule has 0 fully saturated rings. The molecule has 6 nitrogen and oxygen atoms in total. The number of rotatable bonds is 10. The monoisotopic (exact) mass is 381 g/mol. The van der Waals surface area contributed by atoms with E-state index in [2.05, 4.69) is 29.3 Å². The van der Waals surface area contributed by atoms with Crippen molar-refractivity contribution in [3.63, 3.8) is 0 Å². The van der Waals surface area contributed by atoms with Crippen LogP contribution < -0.4 is 16.0 Å². The van der Waals surface area contributed by atoms with Gasteiger partial charge in [-0.3, -0.25) is 9.36 Å². The van der Waals surface area contributed by atoms with Crippen molar-refractivity contribution in [1.29, 1.82) is 0 Å². The minimum atomic E-state index is -0.373. The van der Waals surface area contributed by atoms with Crippen molar-refractivity contribution in [3.05, 3.63) is 65.1 Å². The summed E-state index contributed by atoms with van der Waals surface area (Å²) in [5.74, 6) is -0.356. The summed E-state index contributed by atoms with van der Waals surface area (Å²) in [4.78, 5) is 26.3. The lowest BCUT2D eigenvalue weighted by Gasteiger charge is -2.23. The molecule has 0 aliphatic carbocycles. The maximum absolute atomic E-state index is 12.1. The third-order valence-electron chi connectivity index (χ3n) is 4.79. The molecule has 28 heavy (non-hydrogen) atoms. The molecule has 0 saturated heterocycles. The van der Waals surface area contributed by atoms with Gasteiger partial charge in [-0.2, -0.15) is 0 Å². The predicted molar refractivity (Wildman–Crippen MR) is 112 cm³/mol. The van der Waals surface area contributed by atoms with Crippen LogP contribution in [0, 0.1) is 0 Å². The standard InChI is InChI=1S/C22H27N3O3/c1-2-24(18-10-4-3-5-11-18)16-9-15-23-21(26)14-8-17-25-19-12-6-7-13-20(19)28-22(25)27/h3-7,10-13H,2,8-9,14-17H2,1H3,(H,23,26). The van der Waals surface area contributed by atoms with E-state index < -0.39 is 0 Å². The molecular formula is C22H27N3O3. The predicted octanol–water partition coefficient (Wildman–Crippen LogP) is 3.41. The molecule has 0 saturated carbocycles. The van der Waals surface area contributed by atoms with Crippen LogP contribution in [0.4, 0.5) is 5.69 Å². The van der Waals surface area contributed by atoms with Crippen LogP contribution in [0.5, 0.6) is 0 Å². The molecule has 3 rings (SSSR count). The molecule has 1 aromatic heterocycles. The molecule has 2 aromatic carbocycles. The summed E-state index contributed by atoms with van der Waals surface area (Å²) in [7, 11) is 0. The van der Waals surface area contributed by atoms with Crippen molar-refractivity contribution in [2.24, 2.45) is 0 Å². The van der Waals surface area contributed by atoms with Crippen LogP contribution in [0.1, 0.15) is 26.2 Å². The zero-order valence-electron chi connectivity index (χ0n) is 16.3. The van der Waals surface area contributed by atoms with Gasteiger partial charge in [0.15, 0.2) is 5.58 Å². The summed E-state index contributed by atoms with van der Waals surface area (Å²) in [6.45, 7) is 5.09. The zero-order valence-corrected chi connectivity index (χ0v) is 16.3. The number of nitrogens with zero attached hydrogens (tertiary/aromatic N) is 2. The Morgan fingerprint density at radius 2 is 1.82 bits per heavy atom. The molecule has 0 aliphatic rings. The topological polar surface area (TPSA) is 67.5 Å². The highest BCUT2D eigenvalue weighted by Gasteiger charge is 2.09. The van der Waals surface area contributed by atoms with Gasteiger partial charge in [-0.15, -0.1) is 0 Å². The fraction of sp³-hybridized carbons (Fsp3) is 0.364. The number of carbonyl (C=O) groups is 1. The second-order valence-corrected chi connectivity index (χ2v) is 6.71. The summed E-state index contributed by atoms with van der Waals surface area (Å²) in [6.07, 6.45) is 1.88. The lowest BCUT2D eigenvalue weighted by molar-refractivity contribution is -0.121. The first-order valence-corrected chi connectivity index (χ1v) is 9.84. The van der Waals surface area contributed by atoms with Crippen LogP contribution in [0.25, 0.3) is 11.1 Å². The smallest absolute Gasteiger partial charge is 0.408 e. The Morgan fingerprint density at radius 1 is 1.07 bits per heavy atom. The second-order valence-electron chi connectivity index (χ2n) is 6.71. The van der Waals surface area contributed by atoms with Gasteiger partial charge in [0, 0.05) is 38.3 Å². The molecule has 1 amide bonds. The molecule has 1 heterocycles. The summed E-state index contributed by atoms with van der Waals surface area (Å²) < 4.78 is 6.79. The Hall–Kier alpha value is -3.02. The summed E-state index contributed by atoms with van der Waals surface area (Å²) >= 11 is 0. The van der Waals surface area contributed by atoms with Gasteiger partial charge in [-0.25, -0.2) is 4.79 Å². The maximum Gasteiger partial charge on any atom is 0.419 e. The Balaban J connectivity index is 1.38. The SMILES string of the molecule is CCN(CCCNC(=O)CCCn1c(=O)oc2ccccc21)c1ccccc1. The fourth-order valence-corrected chi connectivity index (χ4v) is 3.32. The van der Waals surface area contributed by atoms with E-state index in [0.717, 1.165) is 25.0 Å². The molecule has 148 valence electrons. The van der Waals surface area contributed by atoms with Crippen molar-refractivity contribution in [3.8, 4) is 0 Å². The van der Waals surface area contributed by atoms with E-state index in [1.54, 1.807) is 10.6 Å². The van der Waals surface area contributed by atoms with Gasteiger partial charge in [0.2, 0.25) is 5.91 Å². The number of hydrogen-bond donors (Lipinski definition) is 1. The molecule has 6 heteroatoms. The minimum absolute atomic E-state index is 0.0172. The number of nitrogens with one attached hydrogen (secondary N) is 1. The first kappa shape index (κ1) is 19.7. The van der Waals surface area contributed by atoms with E-state index in [-0.39, 0.29) is 11.7 Å². The molecule has 0 spiro atoms. The van der Waals surface area contributed by atoms with Crippen molar-refractivity contribution < 1.29 is 9.21 Å². The number of hydrogen-bond acceptors (Lipinski definition) is 4. The zero-order chi connectivity index (χ0) is 19.8. The molecule has 1 N–H and O–H groups in total. The van der Waals surface area contributed by atoms with Crippen molar-refractivity contribution in [2.75, 3.05) is 24.5 Å². The van der Waals surface area contributed by atoms with Gasteiger partial charge in [0.1, 0.15) is 0 Å². The lowest BCUT2D eigenvalue weighted by atomic mass is 10.2. The van der Waals surface area contributed by atoms with E-state index in [9.17, 15) is 9.59 Å². The number of aromatic nitrogens is 1. The van der Waals surface area contributed by atoms with Crippen LogP contribution in [-0.4, -0.2) is 30.1 Å². The van der Waals surface area contributed by atoms with Gasteiger partial charge < -0.3 is 14.6 Å². The Bertz CT molecular complexity index is 946. The van der Waals surface area contributed by atoms with Crippen LogP contribution in [0.15, 0.2) is 63.8 Å². The van der Waals surface area contributed by atoms with E-state index in [1.807, 2.05) is 36.4 Å². The highest BCUT2D eigenvalue weighted by Crippen LogP contribution is 2.13. The molecule has 0 atom stereocenters. The number of oxazole rings is 1. The van der Waals surface area contributed by atoms with Gasteiger partial charge in [-0.1, -0.05) is 30.3 Å². The van der Waals surface area contributed by atoms with Crippen LogP contribution >= 0.6 is 0 Å². The number of fused-ring (bicyclic) bond motifs is 1. The fourth-order valence-electron chi connectivity index (χ4n) is 3.32. The molecule has 0 aliphatic heterocycles. The quantitative estimate of drug-likeness (QED) is 0.547. The number of carbonyl (C=O) groups excluding carboxylic acids is 1. The average molecular weight is 381 g/mol. The molecule has 0 radical (unpaired) electrons. The number of benzene rings is 2. The van der Waals surface area contributed by atoms with Gasteiger partial charge in [-0.05, 0) is 44.0 Å². The summed E-state index contributed by atoms with van der Waals surface area (Å²) in [5.41, 5.74) is 2.55. The first-order chi connectivity index (χ1) is 13.7. The maximum atomic E-state index is 12.1. The van der Waals surface area contributed by atoms with Crippen LogP contribution in [0.3, 0.4) is 0 Å². The highest BCUT2D eigenvalue weighted by atomic mass is 16.4. The van der Waals surface area contributed by atoms with Gasteiger partial charge >= 0.3 is 5.76 Å². The molecule has 0 bridgehead atoms. The van der Waals surface area contributed by atoms with Gasteiger partial charge in [0.05, 0.1) is 5.52 Å². The van der Waals surface area contributed by atoms with Crippen LogP contribution in [0.2, 0.25) is 0 Å². The minimum Gasteiger partial charge on any atom is -0.408 e. The first-order valence-electron chi connectivity index (χ1n) is 9.84. The lowest BCUT2D eigenvalue weighted by Crippen LogP contribution is -2.30. The van der Waals surface area contributed by atoms with Crippen molar-refractivity contribution in [2.45, 2.75) is 32.7 Å². The number of para-hydroxylation sites is 3. The normalized spacial score (nSPS) is 10.9. The highest BCUT2D eigenvalue weighted by molar-refractivity contribution is 5.76. The third-order valence-corrected chi connectivity index (χ3v) is 4.79. The molecule has 0 unspecified atom stereocenters. The Labute approximate surface area is 164 Å². The van der Waals surface area contributed by atoms with Crippen LogP contribution in [-0.2, 0) is 11.3 Å². The van der Waals surface area contributed by atoms with E-state index in [0.29, 0.717) is 31.5 Å². The molecular weight excluding hydrogens is 354 g/mol. The third kappa shape index (κ3) is 5.03. The largest absolute Gasteiger partial charge is 0.419 e. The summed E-state index contributed by atoms with van der Waals surface area (Å²) in [6, 6.07) is 17.6. The average Bonchev–Trinajstić information content (AvgIpc) is 3.04. The number of aryl methyl sites for hydroxylation is 1. The Kier molecular flexibility index (Phi) is 6.89. The number of anilines is 1. The van der Waals surface area contributed by atoms with Crippen molar-refractivity contribution >= 4 is 22.7 Å².